The lowest BCUT2D eigenvalue weighted by Crippen LogP contribution is -2.16. The second kappa shape index (κ2) is 3.51. The molecule has 72 valence electrons. The van der Waals surface area contributed by atoms with Gasteiger partial charge in [0.15, 0.2) is 0 Å². The molecule has 0 aromatic carbocycles. The van der Waals surface area contributed by atoms with E-state index in [-0.39, 0.29) is 6.04 Å². The zero-order chi connectivity index (χ0) is 9.97. The highest BCUT2D eigenvalue weighted by Crippen LogP contribution is 2.15. The molecule has 2 rings (SSSR count). The lowest BCUT2D eigenvalue weighted by Gasteiger charge is -2.09. The van der Waals surface area contributed by atoms with Crippen molar-refractivity contribution in [2.24, 2.45) is 12.8 Å². The van der Waals surface area contributed by atoms with Crippen molar-refractivity contribution in [2.75, 3.05) is 0 Å². The van der Waals surface area contributed by atoms with Crippen LogP contribution < -0.4 is 5.73 Å². The molecule has 2 N–H and O–H groups in total. The van der Waals surface area contributed by atoms with Crippen molar-refractivity contribution in [3.05, 3.63) is 35.9 Å². The number of hydrogen-bond donors (Lipinski definition) is 1. The van der Waals surface area contributed by atoms with Gasteiger partial charge in [-0.05, 0) is 11.6 Å². The lowest BCUT2D eigenvalue weighted by molar-refractivity contribution is 0.649. The molecule has 2 aromatic rings. The van der Waals surface area contributed by atoms with E-state index >= 15 is 0 Å². The van der Waals surface area contributed by atoms with E-state index in [0.717, 1.165) is 11.3 Å². The van der Waals surface area contributed by atoms with Gasteiger partial charge in [0.2, 0.25) is 0 Å². The normalized spacial score (nSPS) is 12.7. The molecule has 1 unspecified atom stereocenters. The second-order valence-electron chi connectivity index (χ2n) is 2.94. The zero-order valence-electron chi connectivity index (χ0n) is 7.70. The van der Waals surface area contributed by atoms with Crippen molar-refractivity contribution < 1.29 is 0 Å². The average Bonchev–Trinajstić information content (AvgIpc) is 2.65. The van der Waals surface area contributed by atoms with Gasteiger partial charge in [-0.15, -0.1) is 5.10 Å². The van der Waals surface area contributed by atoms with Crippen LogP contribution in [0, 0.1) is 0 Å². The van der Waals surface area contributed by atoms with E-state index in [1.165, 1.54) is 0 Å². The molecule has 0 fully saturated rings. The van der Waals surface area contributed by atoms with Crippen molar-refractivity contribution in [1.29, 1.82) is 0 Å². The van der Waals surface area contributed by atoms with Crippen molar-refractivity contribution in [2.45, 2.75) is 6.04 Å². The maximum Gasteiger partial charge on any atom is 0.0797 e. The molecular formula is C8H10N6. The third-order valence-corrected chi connectivity index (χ3v) is 2.03. The summed E-state index contributed by atoms with van der Waals surface area (Å²) < 4.78 is 1.64. The molecule has 6 heteroatoms. The second-order valence-corrected chi connectivity index (χ2v) is 2.94. The van der Waals surface area contributed by atoms with Gasteiger partial charge in [-0.1, -0.05) is 5.21 Å². The van der Waals surface area contributed by atoms with E-state index in [4.69, 9.17) is 5.73 Å². The highest BCUT2D eigenvalue weighted by atomic mass is 15.4. The first-order valence-corrected chi connectivity index (χ1v) is 4.16. The maximum atomic E-state index is 5.99. The van der Waals surface area contributed by atoms with Crippen LogP contribution in [-0.4, -0.2) is 25.2 Å². The SMILES string of the molecule is Cn1nncc1C(N)c1ccnnc1. The topological polar surface area (TPSA) is 82.5 Å². The first-order valence-electron chi connectivity index (χ1n) is 4.16. The van der Waals surface area contributed by atoms with Gasteiger partial charge in [-0.3, -0.25) is 4.68 Å². The van der Waals surface area contributed by atoms with Gasteiger partial charge in [0.25, 0.3) is 0 Å². The Morgan fingerprint density at radius 2 is 2.14 bits per heavy atom. The fraction of sp³-hybridized carbons (Fsp3) is 0.250. The van der Waals surface area contributed by atoms with Crippen molar-refractivity contribution in [3.8, 4) is 0 Å². The van der Waals surface area contributed by atoms with E-state index < -0.39 is 0 Å². The van der Waals surface area contributed by atoms with E-state index in [2.05, 4.69) is 20.5 Å². The van der Waals surface area contributed by atoms with E-state index in [1.807, 2.05) is 6.07 Å². The minimum absolute atomic E-state index is 0.259. The van der Waals surface area contributed by atoms with Crippen LogP contribution in [0.1, 0.15) is 17.3 Å². The molecule has 1 atom stereocenters. The van der Waals surface area contributed by atoms with Gasteiger partial charge in [-0.25, -0.2) is 0 Å². The summed E-state index contributed by atoms with van der Waals surface area (Å²) in [5.74, 6) is 0. The predicted molar refractivity (Wildman–Crippen MR) is 49.1 cm³/mol. The van der Waals surface area contributed by atoms with Gasteiger partial charge in [0, 0.05) is 13.2 Å². The van der Waals surface area contributed by atoms with Gasteiger partial charge in [0.05, 0.1) is 24.1 Å². The molecule has 14 heavy (non-hydrogen) atoms. The number of nitrogens with zero attached hydrogens (tertiary/aromatic N) is 5. The zero-order valence-corrected chi connectivity index (χ0v) is 7.70. The molecule has 6 nitrogen and oxygen atoms in total. The molecule has 2 heterocycles. The average molecular weight is 190 g/mol. The van der Waals surface area contributed by atoms with E-state index in [0.29, 0.717) is 0 Å². The Hall–Kier alpha value is -1.82. The van der Waals surface area contributed by atoms with Crippen LogP contribution >= 0.6 is 0 Å². The summed E-state index contributed by atoms with van der Waals surface area (Å²) in [6.45, 7) is 0. The first kappa shape index (κ1) is 8.76. The number of hydrogen-bond acceptors (Lipinski definition) is 5. The maximum absolute atomic E-state index is 5.99. The summed E-state index contributed by atoms with van der Waals surface area (Å²) in [6, 6.07) is 1.57. The van der Waals surface area contributed by atoms with Gasteiger partial charge < -0.3 is 5.73 Å². The highest BCUT2D eigenvalue weighted by molar-refractivity contribution is 5.21. The summed E-state index contributed by atoms with van der Waals surface area (Å²) in [6.07, 6.45) is 4.89. The summed E-state index contributed by atoms with van der Waals surface area (Å²) in [5.41, 5.74) is 7.73. The fourth-order valence-electron chi connectivity index (χ4n) is 1.23. The largest absolute Gasteiger partial charge is 0.319 e. The Kier molecular flexibility index (Phi) is 2.19. The van der Waals surface area contributed by atoms with Crippen molar-refractivity contribution in [3.63, 3.8) is 0 Å². The Morgan fingerprint density at radius 3 is 2.71 bits per heavy atom. The van der Waals surface area contributed by atoms with Crippen LogP contribution in [0.2, 0.25) is 0 Å². The molecule has 0 bridgehead atoms. The van der Waals surface area contributed by atoms with Gasteiger partial charge >= 0.3 is 0 Å². The summed E-state index contributed by atoms with van der Waals surface area (Å²) >= 11 is 0. The molecule has 0 aliphatic heterocycles. The minimum atomic E-state index is -0.259. The Morgan fingerprint density at radius 1 is 1.29 bits per heavy atom. The molecule has 0 aliphatic carbocycles. The smallest absolute Gasteiger partial charge is 0.0797 e. The van der Waals surface area contributed by atoms with E-state index in [9.17, 15) is 0 Å². The summed E-state index contributed by atoms with van der Waals surface area (Å²) in [5, 5.41) is 15.0. The number of nitrogens with two attached hydrogens (primary N) is 1. The van der Waals surface area contributed by atoms with Crippen LogP contribution in [0.15, 0.2) is 24.7 Å². The highest BCUT2D eigenvalue weighted by Gasteiger charge is 2.12. The molecule has 0 aliphatic rings. The molecule has 0 radical (unpaired) electrons. The third-order valence-electron chi connectivity index (χ3n) is 2.03. The van der Waals surface area contributed by atoms with Gasteiger partial charge in [-0.2, -0.15) is 10.2 Å². The minimum Gasteiger partial charge on any atom is -0.319 e. The quantitative estimate of drug-likeness (QED) is 0.700. The Balaban J connectivity index is 2.34. The monoisotopic (exact) mass is 190 g/mol. The van der Waals surface area contributed by atoms with Crippen molar-refractivity contribution in [1.82, 2.24) is 25.2 Å². The third kappa shape index (κ3) is 1.47. The summed E-state index contributed by atoms with van der Waals surface area (Å²) in [7, 11) is 1.80. The fourth-order valence-corrected chi connectivity index (χ4v) is 1.23. The molecule has 2 aromatic heterocycles. The molecule has 0 amide bonds. The molecular weight excluding hydrogens is 180 g/mol. The number of rotatable bonds is 2. The van der Waals surface area contributed by atoms with Crippen LogP contribution in [0.25, 0.3) is 0 Å². The molecule has 0 spiro atoms. The molecule has 0 saturated carbocycles. The Bertz CT molecular complexity index is 409. The number of aromatic nitrogens is 5. The molecule has 0 saturated heterocycles. The summed E-state index contributed by atoms with van der Waals surface area (Å²) in [4.78, 5) is 0. The van der Waals surface area contributed by atoms with E-state index in [1.54, 1.807) is 30.3 Å². The van der Waals surface area contributed by atoms with Crippen LogP contribution in [0.5, 0.6) is 0 Å². The Labute approximate surface area is 80.8 Å². The van der Waals surface area contributed by atoms with Crippen LogP contribution in [0.4, 0.5) is 0 Å². The van der Waals surface area contributed by atoms with Gasteiger partial charge in [0.1, 0.15) is 0 Å². The van der Waals surface area contributed by atoms with Crippen LogP contribution in [0.3, 0.4) is 0 Å². The lowest BCUT2D eigenvalue weighted by atomic mass is 10.1. The van der Waals surface area contributed by atoms with Crippen molar-refractivity contribution >= 4 is 0 Å². The number of aryl methyl sites for hydroxylation is 1. The predicted octanol–water partition coefficient (Wildman–Crippen LogP) is -0.347. The van der Waals surface area contributed by atoms with Crippen LogP contribution in [-0.2, 0) is 7.05 Å². The standard InChI is InChI=1S/C8H10N6/c1-14-7(5-12-13-14)8(9)6-2-3-10-11-4-6/h2-5,8H,9H2,1H3. The first-order chi connectivity index (χ1) is 6.79.